The molecule has 10 heteroatoms. The number of para-hydroxylation sites is 1. The molecule has 2 N–H and O–H groups in total. The van der Waals surface area contributed by atoms with E-state index in [2.05, 4.69) is 49.2 Å². The summed E-state index contributed by atoms with van der Waals surface area (Å²) in [4.78, 5) is 22.4. The first kappa shape index (κ1) is 32.5. The summed E-state index contributed by atoms with van der Waals surface area (Å²) in [5.74, 6) is 1.22. The molecule has 1 unspecified atom stereocenters. The number of hydrogen-bond donors (Lipinski definition) is 2. The number of carbonyl (C=O) groups excluding carboxylic acids is 1. The molecule has 1 amide bonds. The minimum atomic E-state index is -0.483. The molecule has 2 aromatic heterocycles. The minimum absolute atomic E-state index is 0.0424. The standard InChI is InChI=1S/C37H36Cl2N4O4/c1-21-41-33(43-47-21)23-12-15-26(30(39)16-23)32-28(22-10-13-25(38)14-11-22)17-29-24(19-37(4,5)46-35(29)42-32)18-36(2,3)20-40-34(45)27-8-6-7-9-31(27)44/h6-17,24,44H,18-20H2,1-5H3,(H,40,45). The molecule has 3 aromatic carbocycles. The van der Waals surface area contributed by atoms with Crippen LogP contribution in [0, 0.1) is 12.3 Å². The predicted molar refractivity (Wildman–Crippen MR) is 184 cm³/mol. The van der Waals surface area contributed by atoms with E-state index < -0.39 is 5.60 Å². The Labute approximate surface area is 284 Å². The van der Waals surface area contributed by atoms with Crippen molar-refractivity contribution >= 4 is 29.1 Å². The van der Waals surface area contributed by atoms with E-state index in [0.717, 1.165) is 40.7 Å². The molecule has 1 atom stereocenters. The topological polar surface area (TPSA) is 110 Å². The highest BCUT2D eigenvalue weighted by Crippen LogP contribution is 2.49. The van der Waals surface area contributed by atoms with Crippen LogP contribution in [0.4, 0.5) is 0 Å². The molecule has 242 valence electrons. The molecule has 47 heavy (non-hydrogen) atoms. The second-order valence-corrected chi connectivity index (χ2v) is 14.3. The van der Waals surface area contributed by atoms with Crippen molar-refractivity contribution in [3.8, 4) is 45.4 Å². The summed E-state index contributed by atoms with van der Waals surface area (Å²) in [5, 5.41) is 18.3. The molecule has 0 aliphatic carbocycles. The minimum Gasteiger partial charge on any atom is -0.507 e. The van der Waals surface area contributed by atoms with Gasteiger partial charge in [-0.25, -0.2) is 4.98 Å². The van der Waals surface area contributed by atoms with Crippen LogP contribution in [0.25, 0.3) is 33.8 Å². The number of aryl methyl sites for hydroxylation is 1. The van der Waals surface area contributed by atoms with Crippen molar-refractivity contribution in [3.63, 3.8) is 0 Å². The van der Waals surface area contributed by atoms with Crippen LogP contribution in [-0.2, 0) is 0 Å². The number of phenolic OH excluding ortho intramolecular Hbond substituents is 1. The van der Waals surface area contributed by atoms with Gasteiger partial charge in [-0.15, -0.1) is 0 Å². The molecule has 0 fully saturated rings. The molecule has 0 radical (unpaired) electrons. The fourth-order valence-electron chi connectivity index (χ4n) is 6.21. The number of pyridine rings is 1. The Bertz CT molecular complexity index is 1950. The summed E-state index contributed by atoms with van der Waals surface area (Å²) < 4.78 is 11.7. The Morgan fingerprint density at radius 3 is 2.40 bits per heavy atom. The third kappa shape index (κ3) is 7.14. The van der Waals surface area contributed by atoms with Gasteiger partial charge in [0.15, 0.2) is 0 Å². The van der Waals surface area contributed by atoms with Crippen LogP contribution in [0.5, 0.6) is 11.6 Å². The largest absolute Gasteiger partial charge is 0.507 e. The molecular weight excluding hydrogens is 635 g/mol. The number of benzene rings is 3. The maximum atomic E-state index is 12.9. The number of carbonyl (C=O) groups is 1. The molecule has 1 aliphatic rings. The van der Waals surface area contributed by atoms with Crippen molar-refractivity contribution in [2.24, 2.45) is 5.41 Å². The van der Waals surface area contributed by atoms with Crippen molar-refractivity contribution in [1.82, 2.24) is 20.4 Å². The van der Waals surface area contributed by atoms with Gasteiger partial charge in [-0.2, -0.15) is 4.98 Å². The molecule has 5 aromatic rings. The Balaban J connectivity index is 1.38. The maximum absolute atomic E-state index is 12.9. The lowest BCUT2D eigenvalue weighted by molar-refractivity contribution is 0.0572. The summed E-state index contributed by atoms with van der Waals surface area (Å²) in [5.41, 5.74) is 4.45. The first-order valence-corrected chi connectivity index (χ1v) is 16.2. The van der Waals surface area contributed by atoms with E-state index in [1.165, 1.54) is 6.07 Å². The van der Waals surface area contributed by atoms with Gasteiger partial charge in [0.25, 0.3) is 5.91 Å². The SMILES string of the molecule is Cc1nc(-c2ccc(-c3nc4c(cc3-c3ccc(Cl)cc3)C(CC(C)(C)CNC(=O)c3ccccc3O)CC(C)(C)O4)c(Cl)c2)no1. The van der Waals surface area contributed by atoms with Gasteiger partial charge in [0.05, 0.1) is 16.3 Å². The first-order chi connectivity index (χ1) is 22.3. The lowest BCUT2D eigenvalue weighted by Crippen LogP contribution is -2.39. The van der Waals surface area contributed by atoms with Crippen LogP contribution in [0.15, 0.2) is 77.3 Å². The highest BCUT2D eigenvalue weighted by atomic mass is 35.5. The number of hydrogen-bond acceptors (Lipinski definition) is 7. The van der Waals surface area contributed by atoms with Gasteiger partial charge in [0.1, 0.15) is 11.4 Å². The third-order valence-electron chi connectivity index (χ3n) is 8.41. The van der Waals surface area contributed by atoms with E-state index in [9.17, 15) is 9.90 Å². The van der Waals surface area contributed by atoms with Gasteiger partial charge in [-0.1, -0.05) is 78.6 Å². The number of nitrogens with one attached hydrogen (secondary N) is 1. The molecule has 6 rings (SSSR count). The fourth-order valence-corrected chi connectivity index (χ4v) is 6.61. The molecular formula is C37H36Cl2N4O4. The zero-order valence-corrected chi connectivity index (χ0v) is 28.4. The van der Waals surface area contributed by atoms with Crippen LogP contribution in [0.1, 0.15) is 68.3 Å². The van der Waals surface area contributed by atoms with Gasteiger partial charge in [-0.05, 0) is 80.0 Å². The van der Waals surface area contributed by atoms with Crippen molar-refractivity contribution in [2.75, 3.05) is 6.54 Å². The van der Waals surface area contributed by atoms with E-state index >= 15 is 0 Å². The molecule has 3 heterocycles. The van der Waals surface area contributed by atoms with Crippen LogP contribution in [0.3, 0.4) is 0 Å². The first-order valence-electron chi connectivity index (χ1n) is 15.5. The number of ether oxygens (including phenoxy) is 1. The monoisotopic (exact) mass is 670 g/mol. The van der Waals surface area contributed by atoms with Gasteiger partial charge in [0.2, 0.25) is 17.6 Å². The maximum Gasteiger partial charge on any atom is 0.255 e. The van der Waals surface area contributed by atoms with Crippen LogP contribution < -0.4 is 10.1 Å². The Morgan fingerprint density at radius 2 is 1.72 bits per heavy atom. The number of aromatic nitrogens is 3. The van der Waals surface area contributed by atoms with Gasteiger partial charge >= 0.3 is 0 Å². The van der Waals surface area contributed by atoms with Crippen LogP contribution in [-0.4, -0.2) is 38.3 Å². The summed E-state index contributed by atoms with van der Waals surface area (Å²) in [6.45, 7) is 10.6. The molecule has 0 saturated carbocycles. The second kappa shape index (κ2) is 12.7. The van der Waals surface area contributed by atoms with Crippen molar-refractivity contribution in [2.45, 2.75) is 59.0 Å². The van der Waals surface area contributed by atoms with E-state index in [-0.39, 0.29) is 28.6 Å². The number of rotatable bonds is 8. The van der Waals surface area contributed by atoms with E-state index in [4.69, 9.17) is 37.4 Å². The predicted octanol–water partition coefficient (Wildman–Crippen LogP) is 9.28. The zero-order valence-electron chi connectivity index (χ0n) is 26.9. The third-order valence-corrected chi connectivity index (χ3v) is 8.97. The number of phenols is 1. The van der Waals surface area contributed by atoms with Crippen LogP contribution >= 0.6 is 23.2 Å². The Hall–Kier alpha value is -4.40. The summed E-state index contributed by atoms with van der Waals surface area (Å²) in [7, 11) is 0. The summed E-state index contributed by atoms with van der Waals surface area (Å²) >= 11 is 13.2. The van der Waals surface area contributed by atoms with Crippen molar-refractivity contribution in [3.05, 3.63) is 99.9 Å². The van der Waals surface area contributed by atoms with Gasteiger partial charge < -0.3 is 19.7 Å². The van der Waals surface area contributed by atoms with Crippen LogP contribution in [0.2, 0.25) is 10.0 Å². The number of nitrogens with zero attached hydrogens (tertiary/aromatic N) is 3. The highest BCUT2D eigenvalue weighted by Gasteiger charge is 2.38. The average molecular weight is 672 g/mol. The van der Waals surface area contributed by atoms with E-state index in [0.29, 0.717) is 39.9 Å². The van der Waals surface area contributed by atoms with E-state index in [1.54, 1.807) is 25.1 Å². The summed E-state index contributed by atoms with van der Waals surface area (Å²) in [6.07, 6.45) is 1.52. The molecule has 1 aliphatic heterocycles. The van der Waals surface area contributed by atoms with E-state index in [1.807, 2.05) is 42.5 Å². The highest BCUT2D eigenvalue weighted by molar-refractivity contribution is 6.33. The van der Waals surface area contributed by atoms with Gasteiger partial charge in [-0.3, -0.25) is 4.79 Å². The molecule has 0 saturated heterocycles. The fraction of sp³-hybridized carbons (Fsp3) is 0.297. The molecule has 0 bridgehead atoms. The molecule has 0 spiro atoms. The van der Waals surface area contributed by atoms with Crippen molar-refractivity contribution < 1.29 is 19.2 Å². The second-order valence-electron chi connectivity index (χ2n) is 13.4. The smallest absolute Gasteiger partial charge is 0.255 e. The normalized spacial score (nSPS) is 15.5. The Morgan fingerprint density at radius 1 is 1.00 bits per heavy atom. The lowest BCUT2D eigenvalue weighted by atomic mass is 9.74. The number of halogens is 2. The molecule has 8 nitrogen and oxygen atoms in total. The number of fused-ring (bicyclic) bond motifs is 1. The zero-order chi connectivity index (χ0) is 33.5. The lowest BCUT2D eigenvalue weighted by Gasteiger charge is -2.40. The van der Waals surface area contributed by atoms with Crippen molar-refractivity contribution in [1.29, 1.82) is 0 Å². The van der Waals surface area contributed by atoms with Gasteiger partial charge in [0, 0.05) is 40.7 Å². The Kier molecular flexibility index (Phi) is 8.76. The number of aromatic hydroxyl groups is 1. The number of amides is 1. The quantitative estimate of drug-likeness (QED) is 0.169. The average Bonchev–Trinajstić information content (AvgIpc) is 3.45. The summed E-state index contributed by atoms with van der Waals surface area (Å²) in [6, 6.07) is 22.0.